The van der Waals surface area contributed by atoms with Crippen LogP contribution in [0, 0.1) is 0 Å². The lowest BCUT2D eigenvalue weighted by atomic mass is 10.4. The molecule has 0 spiro atoms. The van der Waals surface area contributed by atoms with E-state index in [4.69, 9.17) is 9.90 Å². The normalized spacial score (nSPS) is 9.42. The van der Waals surface area contributed by atoms with Crippen molar-refractivity contribution in [3.63, 3.8) is 0 Å². The first kappa shape index (κ1) is 8.62. The molecule has 2 aromatic carbocycles. The summed E-state index contributed by atoms with van der Waals surface area (Å²) in [5, 5.41) is 9.30. The standard InChI is InChI=1S/C7H4O.C2H4O2/c8-7-5-3-1-2-4-6(5)7;3-1-2-4/h1-4H;1,4H,2H2. The monoisotopic (exact) mass is 164 g/mol. The minimum absolute atomic E-state index is 0.218. The number of aliphatic hydroxyl groups is 1. The number of carbonyl (C=O) groups is 1. The third kappa shape index (κ3) is 1.77. The molecule has 12 heavy (non-hydrogen) atoms. The van der Waals surface area contributed by atoms with Crippen molar-refractivity contribution in [2.24, 2.45) is 0 Å². The molecule has 0 unspecified atom stereocenters. The van der Waals surface area contributed by atoms with Gasteiger partial charge in [0.15, 0.2) is 5.43 Å². The van der Waals surface area contributed by atoms with Gasteiger partial charge in [0.25, 0.3) is 0 Å². The van der Waals surface area contributed by atoms with Gasteiger partial charge in [-0.25, -0.2) is 0 Å². The molecular formula is C9H8O3. The molecule has 3 heteroatoms. The van der Waals surface area contributed by atoms with E-state index in [-0.39, 0.29) is 12.0 Å². The van der Waals surface area contributed by atoms with Crippen LogP contribution in [0.3, 0.4) is 0 Å². The Labute approximate surface area is 68.9 Å². The van der Waals surface area contributed by atoms with Crippen LogP contribution in [-0.2, 0) is 4.79 Å². The lowest BCUT2D eigenvalue weighted by Crippen LogP contribution is -1.75. The van der Waals surface area contributed by atoms with Gasteiger partial charge in [-0.05, 0) is 0 Å². The number of aliphatic hydroxyl groups excluding tert-OH is 1. The van der Waals surface area contributed by atoms with Gasteiger partial charge in [0.05, 0.1) is 6.61 Å². The predicted octanol–water partition coefficient (Wildman–Crippen LogP) is 0.253. The molecule has 2 rings (SSSR count). The lowest BCUT2D eigenvalue weighted by molar-refractivity contribution is -0.110. The molecule has 3 nitrogen and oxygen atoms in total. The third-order valence-electron chi connectivity index (χ3n) is 1.43. The number of rotatable bonds is 1. The van der Waals surface area contributed by atoms with Crippen LogP contribution in [0.4, 0.5) is 0 Å². The predicted molar refractivity (Wildman–Crippen MR) is 45.7 cm³/mol. The first-order valence-electron chi connectivity index (χ1n) is 3.49. The van der Waals surface area contributed by atoms with Crippen molar-refractivity contribution in [2.75, 3.05) is 6.61 Å². The van der Waals surface area contributed by atoms with Crippen LogP contribution in [-0.4, -0.2) is 18.0 Å². The second-order valence-corrected chi connectivity index (χ2v) is 2.22. The zero-order valence-electron chi connectivity index (χ0n) is 6.36. The largest absolute Gasteiger partial charge is 0.389 e. The molecule has 0 heterocycles. The minimum Gasteiger partial charge on any atom is -0.389 e. The summed E-state index contributed by atoms with van der Waals surface area (Å²) in [4.78, 5) is 19.5. The fourth-order valence-electron chi connectivity index (χ4n) is 0.833. The van der Waals surface area contributed by atoms with E-state index in [0.717, 1.165) is 10.8 Å². The number of fused-ring (bicyclic) bond motifs is 1. The Morgan fingerprint density at radius 1 is 1.25 bits per heavy atom. The molecule has 2 aromatic rings. The van der Waals surface area contributed by atoms with E-state index in [1.165, 1.54) is 0 Å². The Kier molecular flexibility index (Phi) is 2.71. The SMILES string of the molecule is O=CCO.O=c1c2ccccc12. The number of hydrogen-bond donors (Lipinski definition) is 1. The van der Waals surface area contributed by atoms with Gasteiger partial charge < -0.3 is 9.90 Å². The average Bonchev–Trinajstić information content (AvgIpc) is 2.79. The zero-order chi connectivity index (χ0) is 8.97. The summed E-state index contributed by atoms with van der Waals surface area (Å²) in [6, 6.07) is 7.45. The highest BCUT2D eigenvalue weighted by Gasteiger charge is 2.07. The average molecular weight is 164 g/mol. The van der Waals surface area contributed by atoms with Crippen LogP contribution in [0.15, 0.2) is 29.1 Å². The maximum Gasteiger partial charge on any atom is 0.194 e. The molecule has 0 fully saturated rings. The van der Waals surface area contributed by atoms with E-state index in [1.54, 1.807) is 0 Å². The molecule has 0 aliphatic rings. The van der Waals surface area contributed by atoms with Crippen molar-refractivity contribution in [1.29, 1.82) is 0 Å². The maximum atomic E-state index is 10.5. The molecule has 0 bridgehead atoms. The quantitative estimate of drug-likeness (QED) is 0.615. The maximum absolute atomic E-state index is 10.5. The summed E-state index contributed by atoms with van der Waals surface area (Å²) in [7, 11) is 0. The smallest absolute Gasteiger partial charge is 0.194 e. The van der Waals surface area contributed by atoms with Crippen molar-refractivity contribution in [1.82, 2.24) is 0 Å². The molecule has 0 atom stereocenters. The van der Waals surface area contributed by atoms with Crippen molar-refractivity contribution < 1.29 is 9.90 Å². The summed E-state index contributed by atoms with van der Waals surface area (Å²) >= 11 is 0. The zero-order valence-corrected chi connectivity index (χ0v) is 6.36. The highest BCUT2D eigenvalue weighted by atomic mass is 16.3. The number of hydrogen-bond acceptors (Lipinski definition) is 3. The van der Waals surface area contributed by atoms with E-state index >= 15 is 0 Å². The molecule has 0 aliphatic carbocycles. The Hall–Kier alpha value is -1.48. The van der Waals surface area contributed by atoms with Gasteiger partial charge in [-0.2, -0.15) is 0 Å². The van der Waals surface area contributed by atoms with Crippen molar-refractivity contribution in [3.05, 3.63) is 34.5 Å². The Morgan fingerprint density at radius 2 is 1.67 bits per heavy atom. The summed E-state index contributed by atoms with van der Waals surface area (Å²) in [5.41, 5.74) is 0.218. The van der Waals surface area contributed by atoms with Gasteiger partial charge in [-0.1, -0.05) is 24.3 Å². The molecular weight excluding hydrogens is 156 g/mol. The second-order valence-electron chi connectivity index (χ2n) is 2.22. The van der Waals surface area contributed by atoms with Crippen LogP contribution < -0.4 is 5.43 Å². The Balaban J connectivity index is 0.000000157. The van der Waals surface area contributed by atoms with Gasteiger partial charge in [0.1, 0.15) is 6.29 Å². The molecule has 0 aliphatic heterocycles. The molecule has 0 radical (unpaired) electrons. The van der Waals surface area contributed by atoms with Gasteiger partial charge in [0, 0.05) is 10.8 Å². The Bertz CT molecular complexity index is 352. The fourth-order valence-corrected chi connectivity index (χ4v) is 0.833. The van der Waals surface area contributed by atoms with Crippen molar-refractivity contribution in [3.8, 4) is 0 Å². The Morgan fingerprint density at radius 3 is 1.92 bits per heavy atom. The van der Waals surface area contributed by atoms with Crippen LogP contribution >= 0.6 is 0 Å². The molecule has 62 valence electrons. The van der Waals surface area contributed by atoms with E-state index in [0.29, 0.717) is 6.29 Å². The van der Waals surface area contributed by atoms with E-state index in [2.05, 4.69) is 0 Å². The van der Waals surface area contributed by atoms with E-state index in [9.17, 15) is 4.79 Å². The number of aldehydes is 1. The molecule has 0 saturated heterocycles. The first-order chi connectivity index (χ1) is 5.81. The van der Waals surface area contributed by atoms with Crippen molar-refractivity contribution in [2.45, 2.75) is 0 Å². The van der Waals surface area contributed by atoms with Gasteiger partial charge in [0.2, 0.25) is 0 Å². The highest BCUT2D eigenvalue weighted by molar-refractivity contribution is 5.96. The first-order valence-corrected chi connectivity index (χ1v) is 3.49. The van der Waals surface area contributed by atoms with E-state index in [1.807, 2.05) is 24.3 Å². The van der Waals surface area contributed by atoms with Crippen LogP contribution in [0.25, 0.3) is 10.8 Å². The lowest BCUT2D eigenvalue weighted by Gasteiger charge is -1.66. The van der Waals surface area contributed by atoms with Crippen molar-refractivity contribution >= 4 is 17.1 Å². The van der Waals surface area contributed by atoms with Gasteiger partial charge in [-0.3, -0.25) is 4.79 Å². The van der Waals surface area contributed by atoms with Gasteiger partial charge >= 0.3 is 0 Å². The topological polar surface area (TPSA) is 54.4 Å². The number of carbonyl (C=O) groups excluding carboxylic acids is 1. The summed E-state index contributed by atoms with van der Waals surface area (Å²) in [6.45, 7) is -0.361. The molecule has 0 saturated carbocycles. The van der Waals surface area contributed by atoms with Crippen LogP contribution in [0.1, 0.15) is 0 Å². The summed E-state index contributed by atoms with van der Waals surface area (Å²) in [5.74, 6) is 0. The third-order valence-corrected chi connectivity index (χ3v) is 1.43. The van der Waals surface area contributed by atoms with Crippen LogP contribution in [0.2, 0.25) is 0 Å². The van der Waals surface area contributed by atoms with Crippen LogP contribution in [0.5, 0.6) is 0 Å². The minimum atomic E-state index is -0.361. The highest BCUT2D eigenvalue weighted by Crippen LogP contribution is 2.11. The molecule has 0 aromatic heterocycles. The molecule has 1 N–H and O–H groups in total. The van der Waals surface area contributed by atoms with E-state index < -0.39 is 0 Å². The molecule has 0 amide bonds. The summed E-state index contributed by atoms with van der Waals surface area (Å²) in [6.07, 6.45) is 0.431. The summed E-state index contributed by atoms with van der Waals surface area (Å²) < 4.78 is 0. The van der Waals surface area contributed by atoms with Gasteiger partial charge in [-0.15, -0.1) is 0 Å². The second kappa shape index (κ2) is 3.78. The number of benzene rings is 1. The fraction of sp³-hybridized carbons (Fsp3) is 0.111.